The van der Waals surface area contributed by atoms with Gasteiger partial charge in [-0.3, -0.25) is 0 Å². The average Bonchev–Trinajstić information content (AvgIpc) is 3.06. The van der Waals surface area contributed by atoms with E-state index in [2.05, 4.69) is 9.84 Å². The molecule has 0 N–H and O–H groups in total. The molecular weight excluding hydrogens is 411 g/mol. The fourth-order valence-electron chi connectivity index (χ4n) is 3.10. The molecule has 0 aliphatic heterocycles. The number of hydrogen-bond donors (Lipinski definition) is 0. The van der Waals surface area contributed by atoms with Gasteiger partial charge in [0.2, 0.25) is 0 Å². The van der Waals surface area contributed by atoms with Gasteiger partial charge in [0.1, 0.15) is 11.5 Å². The second-order valence-electron chi connectivity index (χ2n) is 6.74. The first kappa shape index (κ1) is 20.5. The van der Waals surface area contributed by atoms with Gasteiger partial charge in [0.25, 0.3) is 0 Å². The van der Waals surface area contributed by atoms with Crippen LogP contribution in [-0.4, -0.2) is 27.2 Å². The highest BCUT2D eigenvalue weighted by molar-refractivity contribution is 5.65. The van der Waals surface area contributed by atoms with Gasteiger partial charge in [0.05, 0.1) is 6.61 Å². The first-order chi connectivity index (χ1) is 14.9. The molecule has 0 amide bonds. The maximum atomic E-state index is 12.7. The van der Waals surface area contributed by atoms with Gasteiger partial charge in [-0.15, -0.1) is 18.3 Å². The fourth-order valence-corrected chi connectivity index (χ4v) is 3.10. The number of fused-ring (bicyclic) bond motifs is 1. The predicted molar refractivity (Wildman–Crippen MR) is 108 cm³/mol. The third-order valence-corrected chi connectivity index (χ3v) is 4.52. The molecule has 4 rings (SSSR count). The highest BCUT2D eigenvalue weighted by Crippen LogP contribution is 2.26. The quantitative estimate of drug-likeness (QED) is 0.405. The standard InChI is InChI=1S/C22H18F3N3O3/c23-22(24,25)31-19-10-7-16(8-11-19)17-9-12-20-26-28(21(29)27(20)15-17)13-4-14-30-18-5-2-1-3-6-18/h1-3,5-12,15H,4,13-14H2. The molecule has 0 spiro atoms. The van der Waals surface area contributed by atoms with Crippen LogP contribution in [-0.2, 0) is 6.54 Å². The highest BCUT2D eigenvalue weighted by atomic mass is 19.4. The van der Waals surface area contributed by atoms with Gasteiger partial charge in [0, 0.05) is 19.2 Å². The van der Waals surface area contributed by atoms with Crippen molar-refractivity contribution in [1.82, 2.24) is 14.2 Å². The van der Waals surface area contributed by atoms with Crippen LogP contribution in [0.25, 0.3) is 16.8 Å². The van der Waals surface area contributed by atoms with E-state index in [9.17, 15) is 18.0 Å². The molecule has 0 radical (unpaired) electrons. The average molecular weight is 429 g/mol. The summed E-state index contributed by atoms with van der Waals surface area (Å²) in [4.78, 5) is 12.7. The van der Waals surface area contributed by atoms with Crippen LogP contribution in [0.4, 0.5) is 13.2 Å². The monoisotopic (exact) mass is 429 g/mol. The number of rotatable bonds is 7. The Kier molecular flexibility index (Phi) is 5.66. The number of ether oxygens (including phenoxy) is 2. The number of halogens is 3. The lowest BCUT2D eigenvalue weighted by Crippen LogP contribution is -2.22. The summed E-state index contributed by atoms with van der Waals surface area (Å²) in [6, 6.07) is 18.3. The number of para-hydroxylation sites is 1. The summed E-state index contributed by atoms with van der Waals surface area (Å²) in [5.74, 6) is 0.459. The summed E-state index contributed by atoms with van der Waals surface area (Å²) >= 11 is 0. The van der Waals surface area contributed by atoms with Crippen molar-refractivity contribution in [3.05, 3.63) is 83.4 Å². The normalized spacial score (nSPS) is 11.6. The van der Waals surface area contributed by atoms with Gasteiger partial charge >= 0.3 is 12.1 Å². The van der Waals surface area contributed by atoms with Crippen molar-refractivity contribution in [2.45, 2.75) is 19.3 Å². The van der Waals surface area contributed by atoms with Crippen LogP contribution in [0.3, 0.4) is 0 Å². The van der Waals surface area contributed by atoms with Crippen LogP contribution in [0.5, 0.6) is 11.5 Å². The Morgan fingerprint density at radius 2 is 1.58 bits per heavy atom. The molecule has 0 saturated carbocycles. The van der Waals surface area contributed by atoms with E-state index in [0.29, 0.717) is 36.3 Å². The molecule has 31 heavy (non-hydrogen) atoms. The van der Waals surface area contributed by atoms with E-state index in [4.69, 9.17) is 4.74 Å². The Hall–Kier alpha value is -3.75. The Balaban J connectivity index is 1.45. The molecule has 0 bridgehead atoms. The lowest BCUT2D eigenvalue weighted by atomic mass is 10.1. The van der Waals surface area contributed by atoms with Gasteiger partial charge in [-0.1, -0.05) is 30.3 Å². The van der Waals surface area contributed by atoms with E-state index in [0.717, 1.165) is 5.75 Å². The summed E-state index contributed by atoms with van der Waals surface area (Å²) in [6.45, 7) is 0.841. The maximum absolute atomic E-state index is 12.7. The molecule has 0 fully saturated rings. The summed E-state index contributed by atoms with van der Waals surface area (Å²) in [5, 5.41) is 4.31. The Bertz CT molecular complexity index is 1220. The number of aromatic nitrogens is 3. The second kappa shape index (κ2) is 8.55. The Labute approximate surface area is 175 Å². The molecule has 9 heteroatoms. The lowest BCUT2D eigenvalue weighted by Gasteiger charge is -2.09. The molecule has 2 heterocycles. The zero-order valence-electron chi connectivity index (χ0n) is 16.2. The van der Waals surface area contributed by atoms with Crippen LogP contribution >= 0.6 is 0 Å². The largest absolute Gasteiger partial charge is 0.573 e. The molecule has 0 aliphatic rings. The minimum Gasteiger partial charge on any atom is -0.494 e. The number of aryl methyl sites for hydroxylation is 1. The predicted octanol–water partition coefficient (Wildman–Crippen LogP) is 4.53. The zero-order chi connectivity index (χ0) is 21.8. The van der Waals surface area contributed by atoms with Crippen molar-refractivity contribution >= 4 is 5.65 Å². The topological polar surface area (TPSA) is 57.8 Å². The molecule has 6 nitrogen and oxygen atoms in total. The van der Waals surface area contributed by atoms with E-state index in [1.165, 1.54) is 33.3 Å². The zero-order valence-corrected chi connectivity index (χ0v) is 16.2. The Morgan fingerprint density at radius 1 is 0.871 bits per heavy atom. The SMILES string of the molecule is O=c1n(CCCOc2ccccc2)nc2ccc(-c3ccc(OC(F)(F)F)cc3)cn12. The van der Waals surface area contributed by atoms with Gasteiger partial charge in [-0.2, -0.15) is 0 Å². The van der Waals surface area contributed by atoms with Crippen LogP contribution < -0.4 is 15.2 Å². The molecule has 0 unspecified atom stereocenters. The molecular formula is C22H18F3N3O3. The lowest BCUT2D eigenvalue weighted by molar-refractivity contribution is -0.274. The van der Waals surface area contributed by atoms with Gasteiger partial charge in [-0.25, -0.2) is 13.9 Å². The molecule has 2 aromatic carbocycles. The highest BCUT2D eigenvalue weighted by Gasteiger charge is 2.30. The minimum atomic E-state index is -4.74. The van der Waals surface area contributed by atoms with Crippen LogP contribution in [0.15, 0.2) is 77.7 Å². The minimum absolute atomic E-state index is 0.298. The number of nitrogens with zero attached hydrogens (tertiary/aromatic N) is 3. The summed E-state index contributed by atoms with van der Waals surface area (Å²) < 4.78 is 49.2. The van der Waals surface area contributed by atoms with Crippen molar-refractivity contribution in [3.63, 3.8) is 0 Å². The van der Waals surface area contributed by atoms with Crippen LogP contribution in [0.2, 0.25) is 0 Å². The van der Waals surface area contributed by atoms with Gasteiger partial charge in [-0.05, 0) is 47.5 Å². The van der Waals surface area contributed by atoms with Crippen molar-refractivity contribution < 1.29 is 22.6 Å². The molecule has 160 valence electrons. The number of hydrogen-bond acceptors (Lipinski definition) is 4. The third-order valence-electron chi connectivity index (χ3n) is 4.52. The van der Waals surface area contributed by atoms with E-state index >= 15 is 0 Å². The van der Waals surface area contributed by atoms with E-state index in [1.54, 1.807) is 18.3 Å². The van der Waals surface area contributed by atoms with Crippen LogP contribution in [0, 0.1) is 0 Å². The van der Waals surface area contributed by atoms with Gasteiger partial charge < -0.3 is 9.47 Å². The summed E-state index contributed by atoms with van der Waals surface area (Å²) in [6.07, 6.45) is -2.53. The van der Waals surface area contributed by atoms with Gasteiger partial charge in [0.15, 0.2) is 5.65 Å². The maximum Gasteiger partial charge on any atom is 0.573 e. The Morgan fingerprint density at radius 3 is 2.29 bits per heavy atom. The van der Waals surface area contributed by atoms with Crippen molar-refractivity contribution in [2.24, 2.45) is 0 Å². The molecule has 2 aromatic heterocycles. The van der Waals surface area contributed by atoms with E-state index in [1.807, 2.05) is 30.3 Å². The first-order valence-electron chi connectivity index (χ1n) is 9.52. The molecule has 4 aromatic rings. The van der Waals surface area contributed by atoms with Crippen LogP contribution in [0.1, 0.15) is 6.42 Å². The number of pyridine rings is 1. The summed E-state index contributed by atoms with van der Waals surface area (Å²) in [7, 11) is 0. The molecule has 0 atom stereocenters. The smallest absolute Gasteiger partial charge is 0.494 e. The van der Waals surface area contributed by atoms with Crippen molar-refractivity contribution in [1.29, 1.82) is 0 Å². The van der Waals surface area contributed by atoms with E-state index in [-0.39, 0.29) is 11.4 Å². The number of benzene rings is 2. The molecule has 0 aliphatic carbocycles. The summed E-state index contributed by atoms with van der Waals surface area (Å²) in [5.41, 5.74) is 1.50. The second-order valence-corrected chi connectivity index (χ2v) is 6.74. The molecule has 0 saturated heterocycles. The van der Waals surface area contributed by atoms with Crippen molar-refractivity contribution in [2.75, 3.05) is 6.61 Å². The number of alkyl halides is 3. The van der Waals surface area contributed by atoms with Crippen molar-refractivity contribution in [3.8, 4) is 22.6 Å². The fraction of sp³-hybridized carbons (Fsp3) is 0.182. The first-order valence-corrected chi connectivity index (χ1v) is 9.52. The van der Waals surface area contributed by atoms with E-state index < -0.39 is 6.36 Å². The third kappa shape index (κ3) is 5.06.